The van der Waals surface area contributed by atoms with Gasteiger partial charge in [-0.05, 0) is 35.4 Å². The summed E-state index contributed by atoms with van der Waals surface area (Å²) in [4.78, 5) is 0. The smallest absolute Gasteiger partial charge is 0.449 e. The standard InChI is InChI=1S/C23H10F18O2/c24-17(25,26)9-15(20(30,31)32)42-13-5-1-11(2-6-13)19(22(36,37)38,23(39,40)41)12-3-7-14(8-4-12)43-16(21(33,34)35)10-18(27,28)29/h1-10H/b15-9-,16-10-. The molecule has 0 atom stereocenters. The highest BCUT2D eigenvalue weighted by Crippen LogP contribution is 2.56. The number of allylic oxidation sites excluding steroid dienone is 4. The maximum Gasteiger partial charge on any atom is 0.449 e. The van der Waals surface area contributed by atoms with Crippen molar-refractivity contribution in [3.05, 3.63) is 83.3 Å². The van der Waals surface area contributed by atoms with Crippen LogP contribution in [0.4, 0.5) is 79.0 Å². The Balaban J connectivity index is 2.66. The summed E-state index contributed by atoms with van der Waals surface area (Å²) in [7, 11) is 0. The van der Waals surface area contributed by atoms with Crippen LogP contribution in [-0.2, 0) is 5.41 Å². The molecular formula is C23H10F18O2. The summed E-state index contributed by atoms with van der Waals surface area (Å²) in [6.45, 7) is 0. The van der Waals surface area contributed by atoms with Gasteiger partial charge in [0.05, 0.1) is 12.2 Å². The maximum absolute atomic E-state index is 14.2. The fourth-order valence-electron chi connectivity index (χ4n) is 3.42. The second-order valence-corrected chi connectivity index (χ2v) is 8.09. The molecule has 2 rings (SSSR count). The van der Waals surface area contributed by atoms with E-state index in [1.807, 2.05) is 0 Å². The van der Waals surface area contributed by atoms with Gasteiger partial charge in [-0.3, -0.25) is 0 Å². The molecule has 43 heavy (non-hydrogen) atoms. The van der Waals surface area contributed by atoms with Crippen LogP contribution in [0.1, 0.15) is 11.1 Å². The van der Waals surface area contributed by atoms with Crippen molar-refractivity contribution in [3.8, 4) is 11.5 Å². The molecule has 0 aliphatic rings. The fourth-order valence-corrected chi connectivity index (χ4v) is 3.42. The summed E-state index contributed by atoms with van der Waals surface area (Å²) in [6.07, 6.45) is -38.3. The van der Waals surface area contributed by atoms with Crippen LogP contribution in [0, 0.1) is 0 Å². The van der Waals surface area contributed by atoms with Crippen LogP contribution in [-0.4, -0.2) is 37.1 Å². The third kappa shape index (κ3) is 8.65. The van der Waals surface area contributed by atoms with Crippen LogP contribution in [0.3, 0.4) is 0 Å². The number of hydrogen-bond donors (Lipinski definition) is 0. The minimum atomic E-state index is -6.36. The highest BCUT2D eigenvalue weighted by Gasteiger charge is 2.72. The topological polar surface area (TPSA) is 18.5 Å². The largest absolute Gasteiger partial charge is 0.452 e. The molecule has 2 aromatic carbocycles. The van der Waals surface area contributed by atoms with E-state index in [1.165, 1.54) is 0 Å². The van der Waals surface area contributed by atoms with Crippen molar-refractivity contribution in [2.24, 2.45) is 0 Å². The summed E-state index contributed by atoms with van der Waals surface area (Å²) >= 11 is 0. The lowest BCUT2D eigenvalue weighted by Gasteiger charge is -2.38. The highest BCUT2D eigenvalue weighted by molar-refractivity contribution is 5.47. The van der Waals surface area contributed by atoms with Crippen LogP contribution in [0.2, 0.25) is 0 Å². The summed E-state index contributed by atoms with van der Waals surface area (Å²) < 4.78 is 245. The Hall–Kier alpha value is -3.74. The van der Waals surface area contributed by atoms with E-state index in [0.717, 1.165) is 0 Å². The normalized spacial score (nSPS) is 15.0. The molecule has 0 bridgehead atoms. The lowest BCUT2D eigenvalue weighted by Crippen LogP contribution is -2.54. The van der Waals surface area contributed by atoms with Gasteiger partial charge in [-0.1, -0.05) is 24.3 Å². The van der Waals surface area contributed by atoms with E-state index in [9.17, 15) is 79.0 Å². The number of ether oxygens (including phenoxy) is 2. The molecule has 0 radical (unpaired) electrons. The number of halogens is 18. The molecule has 0 aliphatic carbocycles. The Morgan fingerprint density at radius 2 is 0.674 bits per heavy atom. The van der Waals surface area contributed by atoms with Crippen molar-refractivity contribution in [1.82, 2.24) is 0 Å². The molecular weight excluding hydrogens is 650 g/mol. The Bertz CT molecular complexity index is 1200. The van der Waals surface area contributed by atoms with Gasteiger partial charge in [-0.25, -0.2) is 0 Å². The van der Waals surface area contributed by atoms with Crippen molar-refractivity contribution in [3.63, 3.8) is 0 Å². The SMILES string of the molecule is FC(F)(F)/C=C(\Oc1ccc(C(c2ccc(O/C(=C\C(F)(F)F)C(F)(F)F)cc2)(C(F)(F)F)C(F)(F)F)cc1)C(F)(F)F. The van der Waals surface area contributed by atoms with E-state index in [1.54, 1.807) is 0 Å². The third-order valence-corrected chi connectivity index (χ3v) is 5.03. The zero-order valence-corrected chi connectivity index (χ0v) is 19.9. The second-order valence-electron chi connectivity index (χ2n) is 8.09. The van der Waals surface area contributed by atoms with Crippen LogP contribution in [0.15, 0.2) is 72.2 Å². The molecule has 0 saturated heterocycles. The first-order valence-corrected chi connectivity index (χ1v) is 10.5. The van der Waals surface area contributed by atoms with Gasteiger partial charge in [-0.15, -0.1) is 0 Å². The number of alkyl halides is 18. The van der Waals surface area contributed by atoms with Gasteiger partial charge in [0, 0.05) is 0 Å². The second kappa shape index (κ2) is 11.4. The van der Waals surface area contributed by atoms with Gasteiger partial charge in [-0.2, -0.15) is 79.0 Å². The Morgan fingerprint density at radius 3 is 0.860 bits per heavy atom. The molecule has 0 amide bonds. The first-order chi connectivity index (χ1) is 19.1. The van der Waals surface area contributed by atoms with Gasteiger partial charge < -0.3 is 9.47 Å². The van der Waals surface area contributed by atoms with Crippen LogP contribution in [0.5, 0.6) is 11.5 Å². The molecule has 0 heterocycles. The maximum atomic E-state index is 14.2. The molecule has 2 aromatic rings. The number of benzene rings is 2. The first-order valence-electron chi connectivity index (χ1n) is 10.5. The minimum Gasteiger partial charge on any atom is -0.452 e. The van der Waals surface area contributed by atoms with Gasteiger partial charge in [0.25, 0.3) is 0 Å². The summed E-state index contributed by atoms with van der Waals surface area (Å²) in [5.41, 5.74) is -8.68. The molecule has 0 saturated carbocycles. The lowest BCUT2D eigenvalue weighted by atomic mass is 9.73. The van der Waals surface area contributed by atoms with Crippen molar-refractivity contribution in [1.29, 1.82) is 0 Å². The zero-order chi connectivity index (χ0) is 33.4. The van der Waals surface area contributed by atoms with E-state index >= 15 is 0 Å². The molecule has 20 heteroatoms. The fraction of sp³-hybridized carbons (Fsp3) is 0.304. The van der Waals surface area contributed by atoms with E-state index in [4.69, 9.17) is 0 Å². The van der Waals surface area contributed by atoms with Gasteiger partial charge in [0.15, 0.2) is 0 Å². The van der Waals surface area contributed by atoms with E-state index in [-0.39, 0.29) is 48.5 Å². The third-order valence-electron chi connectivity index (χ3n) is 5.03. The summed E-state index contributed by atoms with van der Waals surface area (Å²) in [5, 5.41) is 0. The highest BCUT2D eigenvalue weighted by atomic mass is 19.4. The number of hydrogen-bond acceptors (Lipinski definition) is 2. The van der Waals surface area contributed by atoms with Gasteiger partial charge in [0.2, 0.25) is 16.9 Å². The van der Waals surface area contributed by atoms with E-state index in [2.05, 4.69) is 9.47 Å². The molecule has 240 valence electrons. The average molecular weight is 660 g/mol. The molecule has 0 spiro atoms. The van der Waals surface area contributed by atoms with Crippen LogP contribution >= 0.6 is 0 Å². The molecule has 0 aromatic heterocycles. The quantitative estimate of drug-likeness (QED) is 0.227. The Morgan fingerprint density at radius 1 is 0.419 bits per heavy atom. The molecule has 0 N–H and O–H groups in total. The van der Waals surface area contributed by atoms with Crippen LogP contribution < -0.4 is 9.47 Å². The Labute approximate surface area is 226 Å². The average Bonchev–Trinajstić information content (AvgIpc) is 2.76. The summed E-state index contributed by atoms with van der Waals surface area (Å²) in [5.74, 6) is -8.01. The van der Waals surface area contributed by atoms with Crippen molar-refractivity contribution >= 4 is 0 Å². The molecule has 2 nitrogen and oxygen atoms in total. The van der Waals surface area contributed by atoms with Gasteiger partial charge >= 0.3 is 37.1 Å². The zero-order valence-electron chi connectivity index (χ0n) is 19.9. The predicted octanol–water partition coefficient (Wildman–Crippen LogP) is 9.87. The van der Waals surface area contributed by atoms with E-state index < -0.39 is 88.8 Å². The predicted molar refractivity (Wildman–Crippen MR) is 107 cm³/mol. The minimum absolute atomic E-state index is 0.0482. The van der Waals surface area contributed by atoms with Gasteiger partial charge in [0.1, 0.15) is 11.5 Å². The first kappa shape index (κ1) is 35.5. The van der Waals surface area contributed by atoms with Crippen molar-refractivity contribution in [2.75, 3.05) is 0 Å². The molecule has 0 unspecified atom stereocenters. The van der Waals surface area contributed by atoms with Crippen LogP contribution in [0.25, 0.3) is 0 Å². The van der Waals surface area contributed by atoms with Crippen molar-refractivity contribution < 1.29 is 88.5 Å². The van der Waals surface area contributed by atoms with Crippen molar-refractivity contribution in [2.45, 2.75) is 42.5 Å². The van der Waals surface area contributed by atoms with E-state index in [0.29, 0.717) is 0 Å². The summed E-state index contributed by atoms with van der Waals surface area (Å²) in [6, 6.07) is -0.156. The monoisotopic (exact) mass is 660 g/mol. The Kier molecular flexibility index (Phi) is 9.40. The molecule has 0 fully saturated rings. The lowest BCUT2D eigenvalue weighted by molar-refractivity contribution is -0.288. The number of rotatable bonds is 6. The molecule has 0 aliphatic heterocycles.